The van der Waals surface area contributed by atoms with Crippen molar-refractivity contribution < 1.29 is 8.81 Å². The van der Waals surface area contributed by atoms with Gasteiger partial charge >= 0.3 is 0 Å². The van der Waals surface area contributed by atoms with Gasteiger partial charge in [0.2, 0.25) is 0 Å². The van der Waals surface area contributed by atoms with E-state index in [0.717, 1.165) is 59.0 Å². The molecule has 0 spiro atoms. The number of fused-ring (bicyclic) bond motifs is 1. The number of hydrogen-bond donors (Lipinski definition) is 1. The third-order valence-corrected chi connectivity index (χ3v) is 7.67. The van der Waals surface area contributed by atoms with Crippen LogP contribution in [0.2, 0.25) is 0 Å². The SMILES string of the molecule is Cc1cc(C)c2cc(C(c3nnnn3C3CCCC3)N(Cc3ccc(F)cc3)Cc3ccco3)c(=O)[nH]c2c1. The van der Waals surface area contributed by atoms with Crippen molar-refractivity contribution in [2.24, 2.45) is 0 Å². The number of nitrogens with one attached hydrogen (secondary N) is 1. The predicted octanol–water partition coefficient (Wildman–Crippen LogP) is 5.77. The van der Waals surface area contributed by atoms with Crippen LogP contribution in [0.3, 0.4) is 0 Å². The van der Waals surface area contributed by atoms with E-state index in [1.54, 1.807) is 18.4 Å². The first kappa shape index (κ1) is 25.2. The van der Waals surface area contributed by atoms with Gasteiger partial charge in [-0.2, -0.15) is 0 Å². The Labute approximate surface area is 225 Å². The zero-order valence-corrected chi connectivity index (χ0v) is 22.1. The van der Waals surface area contributed by atoms with E-state index in [4.69, 9.17) is 4.42 Å². The van der Waals surface area contributed by atoms with Crippen LogP contribution in [0, 0.1) is 19.7 Å². The van der Waals surface area contributed by atoms with Crippen LogP contribution in [0.1, 0.15) is 71.6 Å². The highest BCUT2D eigenvalue weighted by atomic mass is 19.1. The first-order chi connectivity index (χ1) is 19.0. The summed E-state index contributed by atoms with van der Waals surface area (Å²) in [6.07, 6.45) is 5.86. The van der Waals surface area contributed by atoms with Gasteiger partial charge in [-0.15, -0.1) is 5.10 Å². The van der Waals surface area contributed by atoms with Gasteiger partial charge in [-0.1, -0.05) is 31.0 Å². The largest absolute Gasteiger partial charge is 0.468 e. The monoisotopic (exact) mass is 526 g/mol. The number of aromatic nitrogens is 5. The van der Waals surface area contributed by atoms with E-state index in [9.17, 15) is 9.18 Å². The maximum Gasteiger partial charge on any atom is 0.253 e. The Morgan fingerprint density at radius 1 is 1.10 bits per heavy atom. The van der Waals surface area contributed by atoms with Gasteiger partial charge in [0.15, 0.2) is 5.82 Å². The second-order valence-electron chi connectivity index (χ2n) is 10.5. The molecule has 1 aliphatic carbocycles. The van der Waals surface area contributed by atoms with Crippen LogP contribution < -0.4 is 5.56 Å². The topological polar surface area (TPSA) is 92.8 Å². The number of benzene rings is 2. The van der Waals surface area contributed by atoms with Crippen molar-refractivity contribution in [3.8, 4) is 0 Å². The summed E-state index contributed by atoms with van der Waals surface area (Å²) in [4.78, 5) is 19.0. The summed E-state index contributed by atoms with van der Waals surface area (Å²) in [5, 5.41) is 14.0. The molecule has 6 rings (SSSR count). The Kier molecular flexibility index (Phi) is 6.83. The summed E-state index contributed by atoms with van der Waals surface area (Å²) < 4.78 is 21.4. The van der Waals surface area contributed by atoms with Crippen LogP contribution in [0.15, 0.2) is 70.1 Å². The quantitative estimate of drug-likeness (QED) is 0.276. The summed E-state index contributed by atoms with van der Waals surface area (Å²) in [7, 11) is 0. The summed E-state index contributed by atoms with van der Waals surface area (Å²) >= 11 is 0. The number of furan rings is 1. The molecule has 3 aromatic heterocycles. The first-order valence-electron chi connectivity index (χ1n) is 13.4. The van der Waals surface area contributed by atoms with Gasteiger partial charge in [-0.3, -0.25) is 9.69 Å². The molecule has 200 valence electrons. The summed E-state index contributed by atoms with van der Waals surface area (Å²) in [6, 6.07) is 15.9. The van der Waals surface area contributed by atoms with Gasteiger partial charge in [-0.25, -0.2) is 9.07 Å². The van der Waals surface area contributed by atoms with Crippen molar-refractivity contribution in [1.82, 2.24) is 30.1 Å². The van der Waals surface area contributed by atoms with Gasteiger partial charge in [0.25, 0.3) is 5.56 Å². The molecule has 1 atom stereocenters. The van der Waals surface area contributed by atoms with Gasteiger partial charge < -0.3 is 9.40 Å². The fraction of sp³-hybridized carbons (Fsp3) is 0.333. The second kappa shape index (κ2) is 10.6. The molecule has 5 aromatic rings. The molecule has 1 N–H and O–H groups in total. The molecule has 1 saturated carbocycles. The number of aromatic amines is 1. The molecular weight excluding hydrogens is 495 g/mol. The minimum atomic E-state index is -0.579. The average molecular weight is 527 g/mol. The molecule has 0 saturated heterocycles. The minimum Gasteiger partial charge on any atom is -0.468 e. The van der Waals surface area contributed by atoms with E-state index in [1.807, 2.05) is 42.8 Å². The maximum atomic E-state index is 13.8. The van der Waals surface area contributed by atoms with Crippen molar-refractivity contribution in [1.29, 1.82) is 0 Å². The zero-order valence-electron chi connectivity index (χ0n) is 22.1. The lowest BCUT2D eigenvalue weighted by Gasteiger charge is -2.31. The van der Waals surface area contributed by atoms with Gasteiger partial charge in [0.05, 0.1) is 18.8 Å². The molecule has 3 heterocycles. The highest BCUT2D eigenvalue weighted by Gasteiger charge is 2.34. The van der Waals surface area contributed by atoms with E-state index in [-0.39, 0.29) is 17.4 Å². The second-order valence-corrected chi connectivity index (χ2v) is 10.5. The lowest BCUT2D eigenvalue weighted by Crippen LogP contribution is -2.35. The van der Waals surface area contributed by atoms with Crippen molar-refractivity contribution >= 4 is 10.9 Å². The van der Waals surface area contributed by atoms with Crippen LogP contribution >= 0.6 is 0 Å². The number of hydrogen-bond acceptors (Lipinski definition) is 6. The fourth-order valence-corrected chi connectivity index (χ4v) is 5.85. The number of halogens is 1. The molecule has 2 aromatic carbocycles. The maximum absolute atomic E-state index is 13.8. The van der Waals surface area contributed by atoms with Crippen molar-refractivity contribution in [2.45, 2.75) is 64.7 Å². The summed E-state index contributed by atoms with van der Waals surface area (Å²) in [5.74, 6) is 1.06. The molecule has 39 heavy (non-hydrogen) atoms. The third-order valence-electron chi connectivity index (χ3n) is 7.67. The lowest BCUT2D eigenvalue weighted by molar-refractivity contribution is 0.176. The van der Waals surface area contributed by atoms with Gasteiger partial charge in [-0.05, 0) is 90.2 Å². The molecule has 0 amide bonds. The van der Waals surface area contributed by atoms with Crippen LogP contribution in [0.5, 0.6) is 0 Å². The number of aryl methyl sites for hydroxylation is 2. The standard InChI is InChI=1S/C30H31FN6O2/c1-19-14-20(2)25-16-26(30(38)32-27(25)15-19)28(29-33-34-35-37(29)23-6-3-4-7-23)36(18-24-8-5-13-39-24)17-21-9-11-22(31)12-10-21/h5,8-16,23,28H,3-4,6-7,17-18H2,1-2H3,(H,32,38). The normalized spacial score (nSPS) is 15.0. The van der Waals surface area contributed by atoms with Crippen molar-refractivity contribution in [3.05, 3.63) is 111 Å². The van der Waals surface area contributed by atoms with E-state index in [2.05, 4.69) is 31.5 Å². The summed E-state index contributed by atoms with van der Waals surface area (Å²) in [5.41, 5.74) is 4.22. The smallest absolute Gasteiger partial charge is 0.253 e. The Balaban J connectivity index is 1.54. The van der Waals surface area contributed by atoms with Crippen molar-refractivity contribution in [3.63, 3.8) is 0 Å². The molecule has 0 radical (unpaired) electrons. The Bertz CT molecular complexity index is 1630. The highest BCUT2D eigenvalue weighted by molar-refractivity contribution is 5.83. The Morgan fingerprint density at radius 2 is 1.90 bits per heavy atom. The number of pyridine rings is 1. The third kappa shape index (κ3) is 5.14. The summed E-state index contributed by atoms with van der Waals surface area (Å²) in [6.45, 7) is 4.89. The minimum absolute atomic E-state index is 0.178. The molecular formula is C30H31FN6O2. The number of nitrogens with zero attached hydrogens (tertiary/aromatic N) is 5. The highest BCUT2D eigenvalue weighted by Crippen LogP contribution is 2.35. The average Bonchev–Trinajstić information content (AvgIpc) is 3.69. The van der Waals surface area contributed by atoms with E-state index >= 15 is 0 Å². The zero-order chi connectivity index (χ0) is 26.9. The van der Waals surface area contributed by atoms with Crippen LogP contribution in [0.25, 0.3) is 10.9 Å². The number of rotatable bonds is 8. The molecule has 1 aliphatic rings. The molecule has 1 unspecified atom stereocenters. The predicted molar refractivity (Wildman–Crippen MR) is 146 cm³/mol. The van der Waals surface area contributed by atoms with E-state index in [1.165, 1.54) is 12.1 Å². The van der Waals surface area contributed by atoms with Crippen LogP contribution in [-0.4, -0.2) is 30.1 Å². The Morgan fingerprint density at radius 3 is 2.64 bits per heavy atom. The first-order valence-corrected chi connectivity index (χ1v) is 13.4. The van der Waals surface area contributed by atoms with Gasteiger partial charge in [0, 0.05) is 23.0 Å². The molecule has 0 aliphatic heterocycles. The van der Waals surface area contributed by atoms with E-state index < -0.39 is 6.04 Å². The Hall–Kier alpha value is -4.11. The van der Waals surface area contributed by atoms with Gasteiger partial charge in [0.1, 0.15) is 17.6 Å². The number of H-pyrrole nitrogens is 1. The number of tetrazole rings is 1. The molecule has 1 fully saturated rings. The molecule has 9 heteroatoms. The van der Waals surface area contributed by atoms with Crippen LogP contribution in [-0.2, 0) is 13.1 Å². The van der Waals surface area contributed by atoms with Crippen molar-refractivity contribution in [2.75, 3.05) is 0 Å². The molecule has 0 bridgehead atoms. The van der Waals surface area contributed by atoms with E-state index in [0.29, 0.717) is 24.5 Å². The fourth-order valence-electron chi connectivity index (χ4n) is 5.85. The van der Waals surface area contributed by atoms with Crippen LogP contribution in [0.4, 0.5) is 4.39 Å². The lowest BCUT2D eigenvalue weighted by atomic mass is 9.99. The molecule has 8 nitrogen and oxygen atoms in total.